The Morgan fingerprint density at radius 3 is 1.29 bits per heavy atom. The van der Waals surface area contributed by atoms with Crippen molar-refractivity contribution in [2.24, 2.45) is 0 Å². The van der Waals surface area contributed by atoms with Gasteiger partial charge in [-0.15, -0.1) is 0 Å². The molecule has 4 nitrogen and oxygen atoms in total. The Labute approximate surface area is 451 Å². The standard InChI is InChI=1S/C73H56N4/c1-50(70-74-71(59-31-19-9-20-32-59)76-72(75-70)60-33-21-10-22-34-60)45-63(58-41-39-57(40-42-58)53-25-13-6-14-26-53)68(46-51-35-37-56(38-36-51)52-23-11-5-12-24-52)77-67-44-43-61(54-27-15-7-16-28-54)47-64(67)65-48-62(55-29-17-8-18-30-55)49-66(69(65)77)73(2,3)4/h5-49H,1H2,2-4H3/b63-45-,68-46-. The monoisotopic (exact) mass is 988 g/mol. The molecular formula is C73H56N4. The van der Waals surface area contributed by atoms with Crippen molar-refractivity contribution >= 4 is 44.7 Å². The lowest BCUT2D eigenvalue weighted by molar-refractivity contribution is 0.594. The molecule has 0 amide bonds. The molecule has 0 aliphatic carbocycles. The van der Waals surface area contributed by atoms with Crippen molar-refractivity contribution < 1.29 is 0 Å². The molecule has 12 rings (SSSR count). The first-order valence-electron chi connectivity index (χ1n) is 26.3. The van der Waals surface area contributed by atoms with E-state index in [1.165, 1.54) is 27.6 Å². The maximum absolute atomic E-state index is 5.20. The van der Waals surface area contributed by atoms with Crippen molar-refractivity contribution in [3.8, 4) is 67.3 Å². The maximum Gasteiger partial charge on any atom is 0.164 e. The van der Waals surface area contributed by atoms with E-state index in [9.17, 15) is 0 Å². The summed E-state index contributed by atoms with van der Waals surface area (Å²) in [5.74, 6) is 1.64. The van der Waals surface area contributed by atoms with Crippen LogP contribution in [0.3, 0.4) is 0 Å². The molecule has 2 heterocycles. The fraction of sp³-hybridized carbons (Fsp3) is 0.0548. The average molecular weight is 989 g/mol. The predicted molar refractivity (Wildman–Crippen MR) is 325 cm³/mol. The summed E-state index contributed by atoms with van der Waals surface area (Å²) in [7, 11) is 0. The smallest absolute Gasteiger partial charge is 0.164 e. The number of hydrogen-bond donors (Lipinski definition) is 0. The number of aromatic nitrogens is 4. The lowest BCUT2D eigenvalue weighted by Gasteiger charge is -2.25. The highest BCUT2D eigenvalue weighted by molar-refractivity contribution is 6.19. The van der Waals surface area contributed by atoms with Crippen molar-refractivity contribution in [2.75, 3.05) is 0 Å². The van der Waals surface area contributed by atoms with Crippen molar-refractivity contribution in [2.45, 2.75) is 26.2 Å². The van der Waals surface area contributed by atoms with Crippen molar-refractivity contribution in [3.05, 3.63) is 296 Å². The summed E-state index contributed by atoms with van der Waals surface area (Å²) in [5.41, 5.74) is 18.8. The summed E-state index contributed by atoms with van der Waals surface area (Å²) in [6.07, 6.45) is 4.53. The van der Waals surface area contributed by atoms with Crippen LogP contribution < -0.4 is 0 Å². The van der Waals surface area contributed by atoms with E-state index in [4.69, 9.17) is 21.5 Å². The third-order valence-corrected chi connectivity index (χ3v) is 14.3. The van der Waals surface area contributed by atoms with Gasteiger partial charge in [-0.05, 0) is 103 Å². The van der Waals surface area contributed by atoms with Crippen LogP contribution in [0.4, 0.5) is 0 Å². The van der Waals surface area contributed by atoms with Gasteiger partial charge in [0.15, 0.2) is 17.5 Å². The van der Waals surface area contributed by atoms with E-state index in [1.807, 2.05) is 60.7 Å². The number of rotatable bonds is 12. The minimum Gasteiger partial charge on any atom is -0.308 e. The van der Waals surface area contributed by atoms with Gasteiger partial charge in [0.1, 0.15) is 0 Å². The molecule has 0 radical (unpaired) electrons. The molecule has 77 heavy (non-hydrogen) atoms. The normalized spacial score (nSPS) is 12.0. The Kier molecular flexibility index (Phi) is 13.1. The second-order valence-electron chi connectivity index (χ2n) is 20.6. The lowest BCUT2D eigenvalue weighted by atomic mass is 9.83. The van der Waals surface area contributed by atoms with Crippen molar-refractivity contribution in [1.29, 1.82) is 0 Å². The Morgan fingerprint density at radius 2 is 0.805 bits per heavy atom. The number of nitrogens with zero attached hydrogens (tertiary/aromatic N) is 4. The largest absolute Gasteiger partial charge is 0.308 e. The second-order valence-corrected chi connectivity index (χ2v) is 20.6. The molecule has 2 aromatic heterocycles. The van der Waals surface area contributed by atoms with E-state index in [1.54, 1.807) is 0 Å². The van der Waals surface area contributed by atoms with E-state index in [-0.39, 0.29) is 5.41 Å². The van der Waals surface area contributed by atoms with Crippen LogP contribution in [0.25, 0.3) is 112 Å². The van der Waals surface area contributed by atoms with Gasteiger partial charge in [-0.3, -0.25) is 0 Å². The molecule has 0 fully saturated rings. The van der Waals surface area contributed by atoms with Gasteiger partial charge < -0.3 is 4.57 Å². The van der Waals surface area contributed by atoms with Gasteiger partial charge in [0, 0.05) is 33.0 Å². The number of hydrogen-bond acceptors (Lipinski definition) is 3. The Morgan fingerprint density at radius 1 is 0.403 bits per heavy atom. The molecule has 10 aromatic carbocycles. The summed E-state index contributed by atoms with van der Waals surface area (Å²) in [6, 6.07) is 92.4. The van der Waals surface area contributed by atoms with Gasteiger partial charge in [0.2, 0.25) is 0 Å². The first kappa shape index (κ1) is 48.2. The second kappa shape index (κ2) is 20.9. The SMILES string of the molecule is C=C(/C=C(\C(=C\c1ccc(-c2ccccc2)cc1)n1c2ccc(-c3ccccc3)cc2c2cc(-c3ccccc3)cc(C(C)(C)C)c21)c1ccc(-c2ccccc2)cc1)c1nc(-c2ccccc2)nc(-c2ccccc2)n1. The van der Waals surface area contributed by atoms with Gasteiger partial charge in [-0.1, -0.05) is 264 Å². The molecule has 368 valence electrons. The quantitative estimate of drug-likeness (QED) is 0.115. The van der Waals surface area contributed by atoms with Crippen molar-refractivity contribution in [1.82, 2.24) is 19.5 Å². The molecule has 0 saturated carbocycles. The molecule has 0 aliphatic rings. The number of fused-ring (bicyclic) bond motifs is 3. The Balaban J connectivity index is 1.17. The van der Waals surface area contributed by atoms with Crippen molar-refractivity contribution in [3.63, 3.8) is 0 Å². The Bertz CT molecular complexity index is 4060. The van der Waals surface area contributed by atoms with Crippen LogP contribution in [0.5, 0.6) is 0 Å². The fourth-order valence-corrected chi connectivity index (χ4v) is 10.4. The van der Waals surface area contributed by atoms with E-state index in [2.05, 4.69) is 238 Å². The van der Waals surface area contributed by atoms with E-state index in [0.717, 1.165) is 77.8 Å². The van der Waals surface area contributed by atoms with Crippen LogP contribution in [-0.4, -0.2) is 19.5 Å². The highest BCUT2D eigenvalue weighted by atomic mass is 15.0. The zero-order valence-corrected chi connectivity index (χ0v) is 43.5. The lowest BCUT2D eigenvalue weighted by Crippen LogP contribution is -2.14. The molecule has 0 N–H and O–H groups in total. The van der Waals surface area contributed by atoms with Crippen LogP contribution in [0.2, 0.25) is 0 Å². The van der Waals surface area contributed by atoms with Crippen LogP contribution >= 0.6 is 0 Å². The molecule has 0 spiro atoms. The molecule has 0 saturated heterocycles. The topological polar surface area (TPSA) is 43.6 Å². The summed E-state index contributed by atoms with van der Waals surface area (Å²) < 4.78 is 2.52. The molecule has 0 unspecified atom stereocenters. The predicted octanol–water partition coefficient (Wildman–Crippen LogP) is 19.1. The molecule has 4 heteroatoms. The average Bonchev–Trinajstić information content (AvgIpc) is 4.03. The van der Waals surface area contributed by atoms with E-state index < -0.39 is 0 Å². The number of allylic oxidation sites excluding steroid dienone is 4. The third-order valence-electron chi connectivity index (χ3n) is 14.3. The molecule has 0 atom stereocenters. The summed E-state index contributed by atoms with van der Waals surface area (Å²) >= 11 is 0. The summed E-state index contributed by atoms with van der Waals surface area (Å²) in [6.45, 7) is 11.8. The molecule has 0 bridgehead atoms. The third kappa shape index (κ3) is 10.0. The van der Waals surface area contributed by atoms with Crippen LogP contribution in [0.15, 0.2) is 274 Å². The number of benzene rings is 10. The summed E-state index contributed by atoms with van der Waals surface area (Å²) in [5, 5.41) is 2.33. The molecule has 0 aliphatic heterocycles. The summed E-state index contributed by atoms with van der Waals surface area (Å²) in [4.78, 5) is 15.5. The minimum atomic E-state index is -0.281. The first-order chi connectivity index (χ1) is 37.7. The van der Waals surface area contributed by atoms with Gasteiger partial charge in [-0.2, -0.15) is 0 Å². The van der Waals surface area contributed by atoms with Gasteiger partial charge in [-0.25, -0.2) is 15.0 Å². The van der Waals surface area contributed by atoms with Gasteiger partial charge in [0.05, 0.1) is 16.7 Å². The van der Waals surface area contributed by atoms with E-state index in [0.29, 0.717) is 23.0 Å². The Hall–Kier alpha value is -9.77. The first-order valence-corrected chi connectivity index (χ1v) is 26.3. The van der Waals surface area contributed by atoms with Gasteiger partial charge >= 0.3 is 0 Å². The maximum atomic E-state index is 5.20. The molecule has 12 aromatic rings. The fourth-order valence-electron chi connectivity index (χ4n) is 10.4. The van der Waals surface area contributed by atoms with Crippen LogP contribution in [0.1, 0.15) is 43.3 Å². The molecular weight excluding hydrogens is 933 g/mol. The highest BCUT2D eigenvalue weighted by Gasteiger charge is 2.27. The zero-order valence-electron chi connectivity index (χ0n) is 43.5. The minimum absolute atomic E-state index is 0.281. The van der Waals surface area contributed by atoms with E-state index >= 15 is 0 Å². The highest BCUT2D eigenvalue weighted by Crippen LogP contribution is 2.46. The van der Waals surface area contributed by atoms with Gasteiger partial charge in [0.25, 0.3) is 0 Å². The van der Waals surface area contributed by atoms with Crippen LogP contribution in [-0.2, 0) is 5.41 Å². The van der Waals surface area contributed by atoms with Crippen LogP contribution in [0, 0.1) is 0 Å². The zero-order chi connectivity index (χ0) is 52.3.